The zero-order valence-corrected chi connectivity index (χ0v) is 14.2. The molecular formula is C17H24N6O. The van der Waals surface area contributed by atoms with E-state index in [4.69, 9.17) is 0 Å². The van der Waals surface area contributed by atoms with Crippen LogP contribution in [0.15, 0.2) is 16.9 Å². The van der Waals surface area contributed by atoms with Crippen LogP contribution in [0.3, 0.4) is 0 Å². The Hall–Kier alpha value is -2.15. The monoisotopic (exact) mass is 328 g/mol. The van der Waals surface area contributed by atoms with Gasteiger partial charge in [0.2, 0.25) is 0 Å². The molecule has 2 aliphatic rings. The summed E-state index contributed by atoms with van der Waals surface area (Å²) in [5.41, 5.74) is 3.98. The molecule has 3 heterocycles. The Balaban J connectivity index is 1.38. The van der Waals surface area contributed by atoms with Gasteiger partial charge in [-0.05, 0) is 37.3 Å². The Morgan fingerprint density at radius 2 is 1.92 bits per heavy atom. The SMILES string of the molecule is Cn1nc(N2CCN(Cc3n[nH]c4c3CCCC4)CC2)ccc1=O. The molecule has 128 valence electrons. The number of aromatic amines is 1. The zero-order valence-electron chi connectivity index (χ0n) is 14.2. The minimum absolute atomic E-state index is 0.0688. The van der Waals surface area contributed by atoms with Crippen LogP contribution < -0.4 is 10.5 Å². The quantitative estimate of drug-likeness (QED) is 0.898. The number of H-pyrrole nitrogens is 1. The van der Waals surface area contributed by atoms with Crippen LogP contribution in [0.4, 0.5) is 5.82 Å². The molecule has 0 radical (unpaired) electrons. The van der Waals surface area contributed by atoms with E-state index in [2.05, 4.69) is 25.1 Å². The number of fused-ring (bicyclic) bond motifs is 1. The van der Waals surface area contributed by atoms with Crippen LogP contribution in [-0.4, -0.2) is 51.1 Å². The lowest BCUT2D eigenvalue weighted by atomic mass is 9.96. The Bertz CT molecular complexity index is 772. The standard InChI is InChI=1S/C17H24N6O/c1-21-17(24)7-6-16(20-21)23-10-8-22(9-11-23)12-15-13-4-2-3-5-14(13)18-19-15/h6-7H,2-5,8-12H2,1H3,(H,18,19). The predicted octanol–water partition coefficient (Wildman–Crippen LogP) is 0.704. The van der Waals surface area contributed by atoms with E-state index in [0.717, 1.165) is 45.0 Å². The van der Waals surface area contributed by atoms with Crippen LogP contribution in [0.2, 0.25) is 0 Å². The minimum Gasteiger partial charge on any atom is -0.353 e. The number of anilines is 1. The van der Waals surface area contributed by atoms with Crippen molar-refractivity contribution in [3.8, 4) is 0 Å². The van der Waals surface area contributed by atoms with E-state index in [9.17, 15) is 4.79 Å². The molecule has 2 aromatic heterocycles. The van der Waals surface area contributed by atoms with Crippen LogP contribution in [0, 0.1) is 0 Å². The number of aromatic nitrogens is 4. The zero-order chi connectivity index (χ0) is 16.5. The molecule has 1 saturated heterocycles. The Labute approximate surface area is 141 Å². The van der Waals surface area contributed by atoms with Crippen LogP contribution in [0.25, 0.3) is 0 Å². The largest absolute Gasteiger partial charge is 0.353 e. The van der Waals surface area contributed by atoms with E-state index in [1.165, 1.54) is 40.9 Å². The molecule has 2 aromatic rings. The third-order valence-electron chi connectivity index (χ3n) is 5.16. The van der Waals surface area contributed by atoms with Crippen molar-refractivity contribution < 1.29 is 0 Å². The fraction of sp³-hybridized carbons (Fsp3) is 0.588. The second-order valence-corrected chi connectivity index (χ2v) is 6.75. The second kappa shape index (κ2) is 6.39. The summed E-state index contributed by atoms with van der Waals surface area (Å²) >= 11 is 0. The number of hydrogen-bond donors (Lipinski definition) is 1. The Morgan fingerprint density at radius 1 is 1.12 bits per heavy atom. The van der Waals surface area contributed by atoms with Crippen molar-refractivity contribution in [3.63, 3.8) is 0 Å². The van der Waals surface area contributed by atoms with Crippen LogP contribution >= 0.6 is 0 Å². The average molecular weight is 328 g/mol. The summed E-state index contributed by atoms with van der Waals surface area (Å²) in [6, 6.07) is 3.41. The van der Waals surface area contributed by atoms with Crippen molar-refractivity contribution in [2.45, 2.75) is 32.2 Å². The van der Waals surface area contributed by atoms with E-state index >= 15 is 0 Å². The van der Waals surface area contributed by atoms with Gasteiger partial charge < -0.3 is 4.90 Å². The lowest BCUT2D eigenvalue weighted by Crippen LogP contribution is -2.46. The number of rotatable bonds is 3. The minimum atomic E-state index is -0.0688. The summed E-state index contributed by atoms with van der Waals surface area (Å²) in [6.45, 7) is 4.77. The van der Waals surface area contributed by atoms with E-state index in [0.29, 0.717) is 0 Å². The maximum absolute atomic E-state index is 11.5. The van der Waals surface area contributed by atoms with Crippen molar-refractivity contribution in [2.24, 2.45) is 7.05 Å². The van der Waals surface area contributed by atoms with E-state index in [-0.39, 0.29) is 5.56 Å². The van der Waals surface area contributed by atoms with Gasteiger partial charge in [-0.15, -0.1) is 0 Å². The van der Waals surface area contributed by atoms with Crippen molar-refractivity contribution >= 4 is 5.82 Å². The predicted molar refractivity (Wildman–Crippen MR) is 92.2 cm³/mol. The molecular weight excluding hydrogens is 304 g/mol. The fourth-order valence-corrected chi connectivity index (χ4v) is 3.69. The number of aryl methyl sites for hydroxylation is 2. The van der Waals surface area contributed by atoms with Gasteiger partial charge in [-0.2, -0.15) is 10.2 Å². The first-order valence-corrected chi connectivity index (χ1v) is 8.77. The van der Waals surface area contributed by atoms with E-state index in [1.807, 2.05) is 6.07 Å². The van der Waals surface area contributed by atoms with Crippen LogP contribution in [0.1, 0.15) is 29.8 Å². The number of piperazine rings is 1. The Morgan fingerprint density at radius 3 is 2.71 bits per heavy atom. The lowest BCUT2D eigenvalue weighted by Gasteiger charge is -2.35. The van der Waals surface area contributed by atoms with Gasteiger partial charge in [0.25, 0.3) is 5.56 Å². The van der Waals surface area contributed by atoms with Gasteiger partial charge in [-0.25, -0.2) is 4.68 Å². The first-order valence-electron chi connectivity index (χ1n) is 8.77. The molecule has 1 aliphatic carbocycles. The molecule has 1 N–H and O–H groups in total. The molecule has 0 atom stereocenters. The summed E-state index contributed by atoms with van der Waals surface area (Å²) < 4.78 is 1.40. The van der Waals surface area contributed by atoms with E-state index < -0.39 is 0 Å². The maximum Gasteiger partial charge on any atom is 0.266 e. The average Bonchev–Trinajstić information content (AvgIpc) is 3.01. The van der Waals surface area contributed by atoms with Gasteiger partial charge in [0.15, 0.2) is 0 Å². The fourth-order valence-electron chi connectivity index (χ4n) is 3.69. The van der Waals surface area contributed by atoms with Crippen LogP contribution in [0.5, 0.6) is 0 Å². The molecule has 0 aromatic carbocycles. The number of nitrogens with zero attached hydrogens (tertiary/aromatic N) is 5. The summed E-state index contributed by atoms with van der Waals surface area (Å²) in [5.74, 6) is 0.883. The molecule has 1 aliphatic heterocycles. The highest BCUT2D eigenvalue weighted by Crippen LogP contribution is 2.23. The highest BCUT2D eigenvalue weighted by atomic mass is 16.1. The molecule has 0 saturated carbocycles. The summed E-state index contributed by atoms with van der Waals surface area (Å²) in [5, 5.41) is 12.1. The summed E-state index contributed by atoms with van der Waals surface area (Å²) in [4.78, 5) is 16.2. The van der Waals surface area contributed by atoms with Crippen LogP contribution in [-0.2, 0) is 26.4 Å². The van der Waals surface area contributed by atoms with Gasteiger partial charge in [0.05, 0.1) is 5.69 Å². The molecule has 0 bridgehead atoms. The smallest absolute Gasteiger partial charge is 0.266 e. The molecule has 1 fully saturated rings. The molecule has 4 rings (SSSR count). The first-order chi connectivity index (χ1) is 11.7. The molecule has 7 heteroatoms. The molecule has 24 heavy (non-hydrogen) atoms. The van der Waals surface area contributed by atoms with Gasteiger partial charge in [-0.3, -0.25) is 14.8 Å². The van der Waals surface area contributed by atoms with Gasteiger partial charge in [0, 0.05) is 51.5 Å². The number of hydrogen-bond acceptors (Lipinski definition) is 5. The highest BCUT2D eigenvalue weighted by molar-refractivity contribution is 5.37. The topological polar surface area (TPSA) is 70.1 Å². The molecule has 0 spiro atoms. The first kappa shape index (κ1) is 15.4. The highest BCUT2D eigenvalue weighted by Gasteiger charge is 2.22. The summed E-state index contributed by atoms with van der Waals surface area (Å²) in [6.07, 6.45) is 4.88. The third kappa shape index (κ3) is 2.96. The van der Waals surface area contributed by atoms with Gasteiger partial charge in [-0.1, -0.05) is 0 Å². The normalized spacial score (nSPS) is 18.6. The maximum atomic E-state index is 11.5. The third-order valence-corrected chi connectivity index (χ3v) is 5.16. The van der Waals surface area contributed by atoms with Gasteiger partial charge >= 0.3 is 0 Å². The van der Waals surface area contributed by atoms with Gasteiger partial charge in [0.1, 0.15) is 5.82 Å². The number of nitrogens with one attached hydrogen (secondary N) is 1. The van der Waals surface area contributed by atoms with Crippen molar-refractivity contribution in [2.75, 3.05) is 31.1 Å². The van der Waals surface area contributed by atoms with Crippen molar-refractivity contribution in [3.05, 3.63) is 39.4 Å². The molecule has 0 unspecified atom stereocenters. The Kier molecular flexibility index (Phi) is 4.10. The van der Waals surface area contributed by atoms with Crippen molar-refractivity contribution in [1.82, 2.24) is 24.9 Å². The second-order valence-electron chi connectivity index (χ2n) is 6.75. The molecule has 0 amide bonds. The summed E-state index contributed by atoms with van der Waals surface area (Å²) in [7, 11) is 1.70. The van der Waals surface area contributed by atoms with Crippen molar-refractivity contribution in [1.29, 1.82) is 0 Å². The molecule has 7 nitrogen and oxygen atoms in total. The lowest BCUT2D eigenvalue weighted by molar-refractivity contribution is 0.245. The van der Waals surface area contributed by atoms with E-state index in [1.54, 1.807) is 13.1 Å².